The first-order valence-electron chi connectivity index (χ1n) is 9.78. The molecular formula is C20H25N7O. The van der Waals surface area contributed by atoms with E-state index < -0.39 is 5.91 Å². The average molecular weight is 379 g/mol. The second kappa shape index (κ2) is 6.34. The molecule has 146 valence electrons. The van der Waals surface area contributed by atoms with Gasteiger partial charge in [0, 0.05) is 36.6 Å². The van der Waals surface area contributed by atoms with E-state index in [1.165, 1.54) is 0 Å². The molecule has 0 spiro atoms. The number of hydrogen-bond donors (Lipinski definition) is 3. The van der Waals surface area contributed by atoms with Gasteiger partial charge in [0.2, 0.25) is 0 Å². The Morgan fingerprint density at radius 1 is 1.25 bits per heavy atom. The molecule has 3 aromatic rings. The molecule has 1 saturated heterocycles. The maximum atomic E-state index is 12.1. The number of nitrogens with zero attached hydrogens (tertiary/aromatic N) is 4. The third-order valence-electron chi connectivity index (χ3n) is 6.53. The van der Waals surface area contributed by atoms with Crippen LogP contribution >= 0.6 is 0 Å². The van der Waals surface area contributed by atoms with Crippen LogP contribution in [-0.2, 0) is 7.05 Å². The van der Waals surface area contributed by atoms with E-state index in [1.54, 1.807) is 15.4 Å². The molecule has 0 radical (unpaired) electrons. The lowest BCUT2D eigenvalue weighted by Gasteiger charge is -2.23. The van der Waals surface area contributed by atoms with Gasteiger partial charge in [0.15, 0.2) is 0 Å². The van der Waals surface area contributed by atoms with Crippen molar-refractivity contribution in [3.05, 3.63) is 36.4 Å². The number of anilines is 1. The van der Waals surface area contributed by atoms with E-state index in [9.17, 15) is 4.79 Å². The van der Waals surface area contributed by atoms with Gasteiger partial charge in [-0.2, -0.15) is 10.2 Å². The Kier molecular flexibility index (Phi) is 3.90. The maximum Gasteiger partial charge on any atom is 0.252 e. The summed E-state index contributed by atoms with van der Waals surface area (Å²) in [6, 6.07) is 2.36. The highest BCUT2D eigenvalue weighted by Gasteiger charge is 2.43. The molecule has 28 heavy (non-hydrogen) atoms. The quantitative estimate of drug-likeness (QED) is 0.637. The first kappa shape index (κ1) is 17.2. The molecule has 1 aliphatic heterocycles. The summed E-state index contributed by atoms with van der Waals surface area (Å²) < 4.78 is 3.57. The van der Waals surface area contributed by atoms with Crippen molar-refractivity contribution >= 4 is 17.1 Å². The zero-order valence-corrected chi connectivity index (χ0v) is 16.1. The number of primary amides is 1. The van der Waals surface area contributed by atoms with Gasteiger partial charge in [-0.25, -0.2) is 4.52 Å². The van der Waals surface area contributed by atoms with Crippen molar-refractivity contribution < 1.29 is 4.79 Å². The molecule has 1 amide bonds. The lowest BCUT2D eigenvalue weighted by atomic mass is 9.93. The molecule has 4 heterocycles. The highest BCUT2D eigenvalue weighted by molar-refractivity contribution is 6.02. The van der Waals surface area contributed by atoms with Crippen LogP contribution in [0, 0.1) is 17.8 Å². The largest absolute Gasteiger partial charge is 0.380 e. The lowest BCUT2D eigenvalue weighted by Crippen LogP contribution is -2.29. The topological polar surface area (TPSA) is 102 Å². The summed E-state index contributed by atoms with van der Waals surface area (Å²) in [5.74, 6) is 1.45. The monoisotopic (exact) mass is 379 g/mol. The second-order valence-corrected chi connectivity index (χ2v) is 8.19. The zero-order valence-electron chi connectivity index (χ0n) is 16.1. The molecular weight excluding hydrogens is 354 g/mol. The van der Waals surface area contributed by atoms with Gasteiger partial charge in [-0.15, -0.1) is 0 Å². The van der Waals surface area contributed by atoms with Gasteiger partial charge < -0.3 is 16.4 Å². The molecule has 2 fully saturated rings. The first-order chi connectivity index (χ1) is 13.5. The van der Waals surface area contributed by atoms with Crippen molar-refractivity contribution in [2.45, 2.75) is 19.4 Å². The van der Waals surface area contributed by atoms with Crippen LogP contribution in [0.5, 0.6) is 0 Å². The van der Waals surface area contributed by atoms with Crippen molar-refractivity contribution in [2.24, 2.45) is 30.5 Å². The van der Waals surface area contributed by atoms with Crippen LogP contribution in [0.15, 0.2) is 30.9 Å². The van der Waals surface area contributed by atoms with Crippen molar-refractivity contribution in [2.75, 3.05) is 18.4 Å². The fourth-order valence-corrected chi connectivity index (χ4v) is 4.97. The van der Waals surface area contributed by atoms with Crippen LogP contribution in [0.1, 0.15) is 23.7 Å². The fraction of sp³-hybridized carbons (Fsp3) is 0.450. The number of nitrogens with two attached hydrogens (primary N) is 1. The standard InChI is InChI=1S/C20H25N7O/c1-11-15-7-22-5-12(15)3-17(11)25-19-16(20(21)28)8-24-27-10-13(4-18(19)27)14-6-23-26(2)9-14/h4,6,8-12,15,17,22,25H,3,5,7H2,1-2H3,(H2,21,28)/t11-,12-,15-,17-/m1/s1. The molecule has 0 aromatic carbocycles. The number of amides is 1. The number of carbonyl (C=O) groups excluding carboxylic acids is 1. The van der Waals surface area contributed by atoms with Gasteiger partial charge in [-0.1, -0.05) is 6.92 Å². The summed E-state index contributed by atoms with van der Waals surface area (Å²) in [6.45, 7) is 4.46. The second-order valence-electron chi connectivity index (χ2n) is 8.19. The summed E-state index contributed by atoms with van der Waals surface area (Å²) >= 11 is 0. The van der Waals surface area contributed by atoms with Crippen molar-refractivity contribution in [1.29, 1.82) is 0 Å². The Balaban J connectivity index is 1.56. The highest BCUT2D eigenvalue weighted by Crippen LogP contribution is 2.41. The number of rotatable bonds is 4. The zero-order chi connectivity index (χ0) is 19.4. The number of aryl methyl sites for hydroxylation is 1. The minimum absolute atomic E-state index is 0.318. The van der Waals surface area contributed by atoms with Gasteiger partial charge in [0.1, 0.15) is 0 Å². The van der Waals surface area contributed by atoms with Crippen molar-refractivity contribution in [3.8, 4) is 11.1 Å². The van der Waals surface area contributed by atoms with Crippen LogP contribution in [0.2, 0.25) is 0 Å². The lowest BCUT2D eigenvalue weighted by molar-refractivity contribution is 0.100. The predicted octanol–water partition coefficient (Wildman–Crippen LogP) is 1.49. The van der Waals surface area contributed by atoms with Gasteiger partial charge in [-0.3, -0.25) is 9.48 Å². The molecule has 8 nitrogen and oxygen atoms in total. The Bertz CT molecular complexity index is 1050. The Labute approximate surface area is 163 Å². The fourth-order valence-electron chi connectivity index (χ4n) is 4.97. The Hall–Kier alpha value is -2.87. The molecule has 3 aromatic heterocycles. The minimum Gasteiger partial charge on any atom is -0.380 e. The van der Waals surface area contributed by atoms with Crippen molar-refractivity contribution in [3.63, 3.8) is 0 Å². The molecule has 0 unspecified atom stereocenters. The molecule has 8 heteroatoms. The van der Waals surface area contributed by atoms with Crippen LogP contribution in [0.3, 0.4) is 0 Å². The maximum absolute atomic E-state index is 12.1. The molecule has 1 aliphatic carbocycles. The smallest absolute Gasteiger partial charge is 0.252 e. The van der Waals surface area contributed by atoms with Crippen LogP contribution in [0.4, 0.5) is 5.69 Å². The molecule has 2 aliphatic rings. The van der Waals surface area contributed by atoms with Gasteiger partial charge >= 0.3 is 0 Å². The van der Waals surface area contributed by atoms with E-state index in [0.29, 0.717) is 29.4 Å². The SMILES string of the molecule is C[C@@H]1[C@H]2CNC[C@H]2C[C@H]1Nc1c(C(N)=O)cnn2cc(-c3cnn(C)c3)cc12. The number of carbonyl (C=O) groups is 1. The number of nitrogens with one attached hydrogen (secondary N) is 2. The van der Waals surface area contributed by atoms with E-state index in [1.807, 2.05) is 31.7 Å². The van der Waals surface area contributed by atoms with Crippen molar-refractivity contribution in [1.82, 2.24) is 24.7 Å². The van der Waals surface area contributed by atoms with Gasteiger partial charge in [-0.05, 0) is 43.3 Å². The molecule has 4 N–H and O–H groups in total. The summed E-state index contributed by atoms with van der Waals surface area (Å²) in [7, 11) is 1.89. The van der Waals surface area contributed by atoms with Crippen LogP contribution in [-0.4, -0.2) is 44.4 Å². The van der Waals surface area contributed by atoms with Gasteiger partial charge in [0.05, 0.1) is 29.2 Å². The average Bonchev–Trinajstić information content (AvgIpc) is 3.41. The summed E-state index contributed by atoms with van der Waals surface area (Å²) in [4.78, 5) is 12.1. The van der Waals surface area contributed by atoms with E-state index in [-0.39, 0.29) is 0 Å². The number of aromatic nitrogens is 4. The van der Waals surface area contributed by atoms with Crippen LogP contribution in [0.25, 0.3) is 16.6 Å². The third-order valence-corrected chi connectivity index (χ3v) is 6.53. The summed E-state index contributed by atoms with van der Waals surface area (Å²) in [5, 5.41) is 15.8. The summed E-state index contributed by atoms with van der Waals surface area (Å²) in [6.07, 6.45) is 8.40. The van der Waals surface area contributed by atoms with Crippen LogP contribution < -0.4 is 16.4 Å². The van der Waals surface area contributed by atoms with E-state index in [4.69, 9.17) is 5.73 Å². The third kappa shape index (κ3) is 2.67. The normalized spacial score (nSPS) is 26.6. The summed E-state index contributed by atoms with van der Waals surface area (Å²) in [5.41, 5.74) is 9.76. The Morgan fingerprint density at radius 2 is 2.11 bits per heavy atom. The number of fused-ring (bicyclic) bond motifs is 2. The Morgan fingerprint density at radius 3 is 2.82 bits per heavy atom. The van der Waals surface area contributed by atoms with E-state index >= 15 is 0 Å². The number of hydrogen-bond acceptors (Lipinski definition) is 5. The molecule has 5 rings (SSSR count). The highest BCUT2D eigenvalue weighted by atomic mass is 16.1. The minimum atomic E-state index is -0.464. The first-order valence-corrected chi connectivity index (χ1v) is 9.78. The van der Waals surface area contributed by atoms with E-state index in [2.05, 4.69) is 27.8 Å². The predicted molar refractivity (Wildman–Crippen MR) is 107 cm³/mol. The van der Waals surface area contributed by atoms with E-state index in [0.717, 1.165) is 41.8 Å². The van der Waals surface area contributed by atoms with Gasteiger partial charge in [0.25, 0.3) is 5.91 Å². The molecule has 1 saturated carbocycles. The molecule has 4 atom stereocenters. The molecule has 0 bridgehead atoms.